The Kier molecular flexibility index (Phi) is 72.7. The molecule has 0 aromatic heterocycles. The number of rotatable bonds is 0. The van der Waals surface area contributed by atoms with E-state index in [4.69, 9.17) is 0 Å². The van der Waals surface area contributed by atoms with Crippen LogP contribution in [0.1, 0.15) is 309 Å². The summed E-state index contributed by atoms with van der Waals surface area (Å²) in [4.78, 5) is 0. The normalized spacial score (nSPS) is 17.5. The molecular formula is C77H142B6. The van der Waals surface area contributed by atoms with Crippen LogP contribution in [0.2, 0.25) is 0 Å². The molecule has 5 aliphatic carbocycles. The van der Waals surface area contributed by atoms with Gasteiger partial charge in [-0.25, -0.2) is 0 Å². The predicted molar refractivity (Wildman–Crippen MR) is 398 cm³/mol. The van der Waals surface area contributed by atoms with Crippen molar-refractivity contribution in [3.63, 3.8) is 0 Å². The lowest BCUT2D eigenvalue weighted by Crippen LogP contribution is -2.12. The average molecular weight is 1130 g/mol. The summed E-state index contributed by atoms with van der Waals surface area (Å²) in [5, 5.41) is 2.62. The van der Waals surface area contributed by atoms with Crippen molar-refractivity contribution in [2.75, 3.05) is 0 Å². The first-order valence-electron chi connectivity index (χ1n) is 30.5. The summed E-state index contributed by atoms with van der Waals surface area (Å²) in [6.45, 7) is 50.4. The largest absolute Gasteiger partial charge is 0.0776 e. The maximum atomic E-state index is 2.22. The molecule has 5 aliphatic rings. The second-order valence-electron chi connectivity index (χ2n) is 31.4. The maximum absolute atomic E-state index is 2.22. The molecule has 5 fully saturated rings. The van der Waals surface area contributed by atoms with Gasteiger partial charge in [-0.05, 0) is 72.5 Å². The lowest BCUT2D eigenvalue weighted by Gasteiger charge is -2.24. The molecular weight excluding hydrogens is 990 g/mol. The zero-order valence-corrected chi connectivity index (χ0v) is 57.7. The molecule has 0 bridgehead atoms. The molecule has 4 unspecified atom stereocenters. The monoisotopic (exact) mass is 1130 g/mol. The minimum absolute atomic E-state index is 0. The molecule has 83 heavy (non-hydrogen) atoms. The highest BCUT2D eigenvalue weighted by molar-refractivity contribution is 5.82. The minimum atomic E-state index is 0. The quantitative estimate of drug-likeness (QED) is 0.154. The lowest BCUT2D eigenvalue weighted by molar-refractivity contribution is 0.277. The van der Waals surface area contributed by atoms with Gasteiger partial charge in [-0.3, -0.25) is 0 Å². The molecule has 0 N–H and O–H groups in total. The molecule has 0 spiro atoms. The molecule has 5 saturated carbocycles. The molecule has 0 heterocycles. The van der Waals surface area contributed by atoms with E-state index in [1.807, 2.05) is 36.4 Å². The Morgan fingerprint density at radius 3 is 0.518 bits per heavy atom. The molecule has 4 atom stereocenters. The van der Waals surface area contributed by atoms with Gasteiger partial charge in [0.2, 0.25) is 0 Å². The van der Waals surface area contributed by atoms with Gasteiger partial charge in [0.25, 0.3) is 0 Å². The van der Waals surface area contributed by atoms with E-state index in [0.29, 0.717) is 32.5 Å². The van der Waals surface area contributed by atoms with Crippen LogP contribution in [-0.4, -0.2) is 50.5 Å². The lowest BCUT2D eigenvalue weighted by atomic mass is 9.82. The fraction of sp³-hybridized carbons (Fsp3) is 0.714. The summed E-state index contributed by atoms with van der Waals surface area (Å²) in [6, 6.07) is 39.3. The van der Waals surface area contributed by atoms with Gasteiger partial charge in [0.1, 0.15) is 0 Å². The summed E-state index contributed by atoms with van der Waals surface area (Å²) in [7, 11) is 0. The third kappa shape index (κ3) is 86.1. The Morgan fingerprint density at radius 2 is 0.361 bits per heavy atom. The van der Waals surface area contributed by atoms with Crippen molar-refractivity contribution in [1.82, 2.24) is 0 Å². The van der Waals surface area contributed by atoms with Gasteiger partial charge in [-0.1, -0.05) is 419 Å². The van der Waals surface area contributed by atoms with Crippen molar-refractivity contribution >= 4 is 61.3 Å². The van der Waals surface area contributed by atoms with E-state index >= 15 is 0 Å². The second-order valence-corrected chi connectivity index (χ2v) is 31.4. The average Bonchev–Trinajstić information content (AvgIpc) is 4.11. The van der Waals surface area contributed by atoms with Crippen molar-refractivity contribution in [3.05, 3.63) is 121 Å². The molecule has 6 heteroatoms. The Balaban J connectivity index is -0.0000000765. The Morgan fingerprint density at radius 1 is 0.217 bits per heavy atom. The summed E-state index contributed by atoms with van der Waals surface area (Å²) in [5.74, 6) is 4.66. The van der Waals surface area contributed by atoms with E-state index in [0.717, 1.165) is 0 Å². The summed E-state index contributed by atoms with van der Waals surface area (Å²) in [5.41, 5.74) is 4.19. The van der Waals surface area contributed by atoms with Gasteiger partial charge in [0, 0.05) is 50.5 Å². The van der Waals surface area contributed by atoms with E-state index in [-0.39, 0.29) is 72.8 Å². The molecule has 0 aliphatic heterocycles. The standard InChI is InChI=1S/C10H8.C10H14.2C9H16.C6H6.C5H10.5C5H12.3CH4.6B/c1-2-6-10-8-4-3-7-9(10)5-1;1-10(2,3)9-7-5-4-6-8-9;2*1-2-5-9-7-3-6-8(9)4-1;1-2-4-6-5-3-1;1-2-4-5-3-1;5*1-5(2,3)4;;;;;;;;;/h1-8H;4-8H,1-3H3;2*8-9H,1-7H2;1-6H;1-5H2;5*1-4H3;3*1H4;;;;;;. The molecule has 4 aromatic rings. The van der Waals surface area contributed by atoms with E-state index in [1.165, 1.54) is 111 Å². The van der Waals surface area contributed by atoms with Gasteiger partial charge in [0.05, 0.1) is 0 Å². The fourth-order valence-corrected chi connectivity index (χ4v) is 8.71. The van der Waals surface area contributed by atoms with E-state index in [1.54, 1.807) is 51.4 Å². The van der Waals surface area contributed by atoms with Gasteiger partial charge in [0.15, 0.2) is 0 Å². The number of fused-ring (bicyclic) bond motifs is 3. The van der Waals surface area contributed by atoms with Crippen LogP contribution < -0.4 is 0 Å². The van der Waals surface area contributed by atoms with Crippen molar-refractivity contribution < 1.29 is 0 Å². The summed E-state index contributed by atoms with van der Waals surface area (Å²) >= 11 is 0. The Bertz CT molecular complexity index is 1580. The van der Waals surface area contributed by atoms with Crippen molar-refractivity contribution in [1.29, 1.82) is 0 Å². The van der Waals surface area contributed by atoms with Gasteiger partial charge < -0.3 is 0 Å². The topological polar surface area (TPSA) is 0 Å². The van der Waals surface area contributed by atoms with Crippen LogP contribution in [0, 0.1) is 50.7 Å². The molecule has 0 saturated heterocycles. The zero-order chi connectivity index (χ0) is 56.9. The fourth-order valence-electron chi connectivity index (χ4n) is 8.71. The van der Waals surface area contributed by atoms with Crippen molar-refractivity contribution in [2.45, 2.75) is 309 Å². The van der Waals surface area contributed by atoms with E-state index < -0.39 is 0 Å². The van der Waals surface area contributed by atoms with Gasteiger partial charge >= 0.3 is 0 Å². The first-order chi connectivity index (χ1) is 34.0. The van der Waals surface area contributed by atoms with Crippen LogP contribution >= 0.6 is 0 Å². The van der Waals surface area contributed by atoms with Crippen molar-refractivity contribution in [2.24, 2.45) is 50.7 Å². The van der Waals surface area contributed by atoms with Crippen LogP contribution in [-0.2, 0) is 5.41 Å². The van der Waals surface area contributed by atoms with Crippen LogP contribution in [0.15, 0.2) is 115 Å². The zero-order valence-electron chi connectivity index (χ0n) is 57.7. The van der Waals surface area contributed by atoms with Gasteiger partial charge in [-0.15, -0.1) is 0 Å². The molecule has 18 radical (unpaired) electrons. The first-order valence-corrected chi connectivity index (χ1v) is 30.5. The number of hydrogen-bond donors (Lipinski definition) is 0. The SMILES string of the molecule is C.C.C.C1CCC2CCCC2C1.C1CCC2CCCC2C1.C1CCCC1.CC(C)(C)C.CC(C)(C)C.CC(C)(C)C.CC(C)(C)C.CC(C)(C)C.CC(C)(C)c1ccccc1.[B].[B].[B].[B].[B].[B].c1ccc2ccccc2c1.c1ccccc1. The Labute approximate surface area is 538 Å². The van der Waals surface area contributed by atoms with Gasteiger partial charge in [-0.2, -0.15) is 0 Å². The minimum Gasteiger partial charge on any atom is -0.0776 e. The van der Waals surface area contributed by atoms with Crippen LogP contribution in [0.3, 0.4) is 0 Å². The highest BCUT2D eigenvalue weighted by atomic mass is 14.4. The Hall–Kier alpha value is -2.47. The summed E-state index contributed by atoms with van der Waals surface area (Å²) < 4.78 is 0. The van der Waals surface area contributed by atoms with Crippen LogP contribution in [0.25, 0.3) is 10.8 Å². The molecule has 0 nitrogen and oxygen atoms in total. The molecule has 9 rings (SSSR count). The third-order valence-corrected chi connectivity index (χ3v) is 11.6. The van der Waals surface area contributed by atoms with E-state index in [9.17, 15) is 0 Å². The van der Waals surface area contributed by atoms with Crippen molar-refractivity contribution in [3.8, 4) is 0 Å². The summed E-state index contributed by atoms with van der Waals surface area (Å²) in [6.07, 6.45) is 29.2. The highest BCUT2D eigenvalue weighted by Crippen LogP contribution is 2.42. The third-order valence-electron chi connectivity index (χ3n) is 11.6. The van der Waals surface area contributed by atoms with E-state index in [2.05, 4.69) is 238 Å². The smallest absolute Gasteiger partial charge is 0 e. The van der Waals surface area contributed by atoms with Crippen LogP contribution in [0.5, 0.6) is 0 Å². The number of benzene rings is 4. The second kappa shape index (κ2) is 57.3. The predicted octanol–water partition coefficient (Wildman–Crippen LogP) is 25.3. The highest BCUT2D eigenvalue weighted by Gasteiger charge is 2.29. The first kappa shape index (κ1) is 105. The molecule has 4 aromatic carbocycles. The maximum Gasteiger partial charge on any atom is 0 e. The molecule has 0 amide bonds. The number of hydrogen-bond acceptors (Lipinski definition) is 0. The molecule has 468 valence electrons. The van der Waals surface area contributed by atoms with Crippen LogP contribution in [0.4, 0.5) is 0 Å².